The summed E-state index contributed by atoms with van der Waals surface area (Å²) in [6.07, 6.45) is 0. The van der Waals surface area contributed by atoms with E-state index in [1.165, 1.54) is 7.11 Å². The molecule has 0 saturated carbocycles. The molecule has 1 heterocycles. The molecule has 0 aliphatic rings. The lowest BCUT2D eigenvalue weighted by Crippen LogP contribution is -2.12. The summed E-state index contributed by atoms with van der Waals surface area (Å²) in [7, 11) is 1.37. The molecule has 0 amide bonds. The van der Waals surface area contributed by atoms with Crippen molar-refractivity contribution in [1.82, 2.24) is 9.55 Å². The van der Waals surface area contributed by atoms with E-state index in [1.807, 2.05) is 47.0 Å². The van der Waals surface area contributed by atoms with Crippen molar-refractivity contribution in [2.24, 2.45) is 0 Å². The first-order chi connectivity index (χ1) is 10.2. The van der Waals surface area contributed by atoms with Crippen molar-refractivity contribution < 1.29 is 9.53 Å². The molecule has 3 rings (SSSR count). The smallest absolute Gasteiger partial charge is 0.325 e. The van der Waals surface area contributed by atoms with Crippen LogP contribution in [0.15, 0.2) is 48.5 Å². The van der Waals surface area contributed by atoms with Gasteiger partial charge in [0.2, 0.25) is 0 Å². The zero-order valence-corrected chi connectivity index (χ0v) is 11.6. The lowest BCUT2D eigenvalue weighted by atomic mass is 10.2. The van der Waals surface area contributed by atoms with Gasteiger partial charge in [-0.15, -0.1) is 0 Å². The van der Waals surface area contributed by atoms with E-state index in [9.17, 15) is 4.79 Å². The van der Waals surface area contributed by atoms with Crippen molar-refractivity contribution >= 4 is 22.7 Å². The Morgan fingerprint density at radius 3 is 2.67 bits per heavy atom. The molecule has 2 aromatic carbocycles. The summed E-state index contributed by atoms with van der Waals surface area (Å²) >= 11 is 0. The Bertz CT molecular complexity index is 794. The fourth-order valence-corrected chi connectivity index (χ4v) is 2.33. The molecule has 0 radical (unpaired) electrons. The Morgan fingerprint density at radius 2 is 1.95 bits per heavy atom. The van der Waals surface area contributed by atoms with Crippen molar-refractivity contribution in [3.63, 3.8) is 0 Å². The number of para-hydroxylation sites is 1. The van der Waals surface area contributed by atoms with Crippen LogP contribution in [0.5, 0.6) is 0 Å². The fourth-order valence-electron chi connectivity index (χ4n) is 2.33. The maximum Gasteiger partial charge on any atom is 0.325 e. The number of esters is 1. The van der Waals surface area contributed by atoms with E-state index in [-0.39, 0.29) is 12.5 Å². The molecule has 5 heteroatoms. The van der Waals surface area contributed by atoms with Crippen molar-refractivity contribution in [1.29, 1.82) is 0 Å². The molecule has 0 aliphatic carbocycles. The van der Waals surface area contributed by atoms with Crippen LogP contribution in [0.2, 0.25) is 0 Å². The average molecular weight is 281 g/mol. The quantitative estimate of drug-likeness (QED) is 0.591. The summed E-state index contributed by atoms with van der Waals surface area (Å²) in [5.74, 6) is 0.378. The summed E-state index contributed by atoms with van der Waals surface area (Å²) in [5.41, 5.74) is 9.02. The van der Waals surface area contributed by atoms with E-state index >= 15 is 0 Å². The third-order valence-electron chi connectivity index (χ3n) is 3.36. The maximum atomic E-state index is 11.7. The highest BCUT2D eigenvalue weighted by atomic mass is 16.5. The Labute approximate surface area is 122 Å². The second kappa shape index (κ2) is 5.28. The fraction of sp³-hybridized carbons (Fsp3) is 0.125. The highest BCUT2D eigenvalue weighted by molar-refractivity contribution is 5.91. The SMILES string of the molecule is COC(=O)Cn1c(-c2ccccc2)nc2c(N)cccc21. The van der Waals surface area contributed by atoms with E-state index in [0.717, 1.165) is 11.1 Å². The number of nitrogen functional groups attached to an aromatic ring is 1. The molecular formula is C16H15N3O2. The van der Waals surface area contributed by atoms with Gasteiger partial charge in [0.25, 0.3) is 0 Å². The summed E-state index contributed by atoms with van der Waals surface area (Å²) < 4.78 is 6.60. The Morgan fingerprint density at radius 1 is 1.19 bits per heavy atom. The first-order valence-electron chi connectivity index (χ1n) is 6.57. The van der Waals surface area contributed by atoms with Gasteiger partial charge >= 0.3 is 5.97 Å². The van der Waals surface area contributed by atoms with Gasteiger partial charge in [0.1, 0.15) is 17.9 Å². The van der Waals surface area contributed by atoms with Crippen LogP contribution < -0.4 is 5.73 Å². The number of hydrogen-bond acceptors (Lipinski definition) is 4. The molecule has 106 valence electrons. The second-order valence-corrected chi connectivity index (χ2v) is 4.68. The number of nitrogens with zero attached hydrogens (tertiary/aromatic N) is 2. The van der Waals surface area contributed by atoms with Gasteiger partial charge in [-0.1, -0.05) is 36.4 Å². The summed E-state index contributed by atoms with van der Waals surface area (Å²) in [5, 5.41) is 0. The zero-order valence-electron chi connectivity index (χ0n) is 11.6. The van der Waals surface area contributed by atoms with Crippen molar-refractivity contribution in [2.75, 3.05) is 12.8 Å². The van der Waals surface area contributed by atoms with Gasteiger partial charge in [0, 0.05) is 5.56 Å². The predicted octanol–water partition coefficient (Wildman–Crippen LogP) is 2.46. The molecule has 0 aliphatic heterocycles. The van der Waals surface area contributed by atoms with Crippen LogP contribution >= 0.6 is 0 Å². The number of methoxy groups -OCH3 is 1. The van der Waals surface area contributed by atoms with Crippen molar-refractivity contribution in [3.8, 4) is 11.4 Å². The van der Waals surface area contributed by atoms with Crippen LogP contribution in [0.25, 0.3) is 22.4 Å². The summed E-state index contributed by atoms with van der Waals surface area (Å²) in [4.78, 5) is 16.3. The van der Waals surface area contributed by atoms with Gasteiger partial charge in [-0.05, 0) is 12.1 Å². The molecule has 1 aromatic heterocycles. The predicted molar refractivity (Wildman–Crippen MR) is 81.6 cm³/mol. The molecule has 5 nitrogen and oxygen atoms in total. The number of aromatic nitrogens is 2. The van der Waals surface area contributed by atoms with E-state index in [2.05, 4.69) is 4.98 Å². The molecule has 0 atom stereocenters. The topological polar surface area (TPSA) is 70.1 Å². The van der Waals surface area contributed by atoms with Crippen molar-refractivity contribution in [2.45, 2.75) is 6.54 Å². The van der Waals surface area contributed by atoms with Gasteiger partial charge in [0.15, 0.2) is 0 Å². The van der Waals surface area contributed by atoms with Crippen LogP contribution in [0.3, 0.4) is 0 Å². The lowest BCUT2D eigenvalue weighted by molar-refractivity contribution is -0.141. The van der Waals surface area contributed by atoms with Gasteiger partial charge in [0.05, 0.1) is 18.3 Å². The zero-order chi connectivity index (χ0) is 14.8. The number of imidazole rings is 1. The van der Waals surface area contributed by atoms with Crippen LogP contribution in [-0.4, -0.2) is 22.6 Å². The van der Waals surface area contributed by atoms with Gasteiger partial charge in [-0.3, -0.25) is 4.79 Å². The molecule has 0 fully saturated rings. The average Bonchev–Trinajstić information content (AvgIpc) is 2.88. The number of carbonyl (C=O) groups excluding carboxylic acids is 1. The van der Waals surface area contributed by atoms with E-state index < -0.39 is 0 Å². The number of carbonyl (C=O) groups is 1. The van der Waals surface area contributed by atoms with Gasteiger partial charge < -0.3 is 15.0 Å². The molecule has 2 N–H and O–H groups in total. The number of hydrogen-bond donors (Lipinski definition) is 1. The molecule has 3 aromatic rings. The minimum absolute atomic E-state index is 0.0979. The van der Waals surface area contributed by atoms with Gasteiger partial charge in [-0.2, -0.15) is 0 Å². The van der Waals surface area contributed by atoms with E-state index in [0.29, 0.717) is 17.0 Å². The highest BCUT2D eigenvalue weighted by Crippen LogP contribution is 2.27. The number of benzene rings is 2. The molecule has 21 heavy (non-hydrogen) atoms. The molecule has 0 saturated heterocycles. The molecule has 0 spiro atoms. The second-order valence-electron chi connectivity index (χ2n) is 4.68. The van der Waals surface area contributed by atoms with Crippen molar-refractivity contribution in [3.05, 3.63) is 48.5 Å². The normalized spacial score (nSPS) is 10.7. The largest absolute Gasteiger partial charge is 0.468 e. The van der Waals surface area contributed by atoms with Crippen LogP contribution in [0.4, 0.5) is 5.69 Å². The standard InChI is InChI=1S/C16H15N3O2/c1-21-14(20)10-19-13-9-5-8-12(17)15(13)18-16(19)11-6-3-2-4-7-11/h2-9H,10,17H2,1H3. The first kappa shape index (κ1) is 13.2. The number of anilines is 1. The summed E-state index contributed by atoms with van der Waals surface area (Å²) in [6, 6.07) is 15.2. The molecular weight excluding hydrogens is 266 g/mol. The first-order valence-corrected chi connectivity index (χ1v) is 6.57. The van der Waals surface area contributed by atoms with Crippen LogP contribution in [0, 0.1) is 0 Å². The minimum atomic E-state index is -0.325. The number of ether oxygens (including phenoxy) is 1. The highest BCUT2D eigenvalue weighted by Gasteiger charge is 2.16. The van der Waals surface area contributed by atoms with Crippen LogP contribution in [-0.2, 0) is 16.1 Å². The monoisotopic (exact) mass is 281 g/mol. The van der Waals surface area contributed by atoms with E-state index in [4.69, 9.17) is 10.5 Å². The molecule has 0 unspecified atom stereocenters. The maximum absolute atomic E-state index is 11.7. The Balaban J connectivity index is 2.25. The minimum Gasteiger partial charge on any atom is -0.468 e. The number of nitrogens with two attached hydrogens (primary N) is 1. The Kier molecular flexibility index (Phi) is 3.31. The van der Waals surface area contributed by atoms with E-state index in [1.54, 1.807) is 6.07 Å². The molecule has 0 bridgehead atoms. The lowest BCUT2D eigenvalue weighted by Gasteiger charge is -2.07. The summed E-state index contributed by atoms with van der Waals surface area (Å²) in [6.45, 7) is 0.0979. The van der Waals surface area contributed by atoms with Crippen LogP contribution in [0.1, 0.15) is 0 Å². The van der Waals surface area contributed by atoms with Gasteiger partial charge in [-0.25, -0.2) is 4.98 Å². The Hall–Kier alpha value is -2.82. The number of rotatable bonds is 3. The third kappa shape index (κ3) is 2.33. The third-order valence-corrected chi connectivity index (χ3v) is 3.36. The number of fused-ring (bicyclic) bond motifs is 1.